The van der Waals surface area contributed by atoms with Crippen LogP contribution in [-0.2, 0) is 9.59 Å². The molecule has 4 nitrogen and oxygen atoms in total. The summed E-state index contributed by atoms with van der Waals surface area (Å²) in [5, 5.41) is 11.1. The van der Waals surface area contributed by atoms with Crippen LogP contribution in [0.3, 0.4) is 0 Å². The van der Waals surface area contributed by atoms with Crippen molar-refractivity contribution >= 4 is 11.9 Å². The molecule has 0 saturated carbocycles. The molecule has 0 spiro atoms. The Morgan fingerprint density at radius 1 is 1.33 bits per heavy atom. The number of carbonyl (C=O) groups is 2. The predicted molar refractivity (Wildman–Crippen MR) is 58.6 cm³/mol. The van der Waals surface area contributed by atoms with Gasteiger partial charge in [0.2, 0.25) is 5.91 Å². The second-order valence-electron chi connectivity index (χ2n) is 4.06. The van der Waals surface area contributed by atoms with Crippen molar-refractivity contribution < 1.29 is 14.7 Å². The number of hydrogen-bond donors (Lipinski definition) is 2. The number of aliphatic carboxylic acids is 1. The lowest BCUT2D eigenvalue weighted by Gasteiger charge is -2.26. The van der Waals surface area contributed by atoms with E-state index >= 15 is 0 Å². The van der Waals surface area contributed by atoms with Gasteiger partial charge in [-0.2, -0.15) is 0 Å². The number of rotatable bonds is 7. The van der Waals surface area contributed by atoms with Gasteiger partial charge in [0.15, 0.2) is 0 Å². The summed E-state index contributed by atoms with van der Waals surface area (Å²) < 4.78 is 0. The molecule has 0 heterocycles. The molecule has 2 N–H and O–H groups in total. The molecular weight excluding hydrogens is 194 g/mol. The zero-order valence-corrected chi connectivity index (χ0v) is 9.80. The monoisotopic (exact) mass is 215 g/mol. The third-order valence-corrected chi connectivity index (χ3v) is 2.75. The lowest BCUT2D eigenvalue weighted by molar-refractivity contribution is -0.137. The number of hydrogen-bond acceptors (Lipinski definition) is 2. The fourth-order valence-corrected chi connectivity index (χ4v) is 1.50. The van der Waals surface area contributed by atoms with Crippen molar-refractivity contribution in [3.63, 3.8) is 0 Å². The van der Waals surface area contributed by atoms with E-state index in [2.05, 4.69) is 5.32 Å². The van der Waals surface area contributed by atoms with E-state index in [0.717, 1.165) is 19.3 Å². The van der Waals surface area contributed by atoms with Crippen LogP contribution >= 0.6 is 0 Å². The molecule has 0 radical (unpaired) electrons. The molecule has 0 aliphatic rings. The normalized spacial score (nSPS) is 14.3. The lowest BCUT2D eigenvalue weighted by Crippen LogP contribution is -2.39. The van der Waals surface area contributed by atoms with Gasteiger partial charge < -0.3 is 10.4 Å². The van der Waals surface area contributed by atoms with Crippen molar-refractivity contribution in [3.05, 3.63) is 0 Å². The van der Waals surface area contributed by atoms with Crippen LogP contribution < -0.4 is 5.32 Å². The van der Waals surface area contributed by atoms with Gasteiger partial charge in [0.05, 0.1) is 6.42 Å². The molecular formula is C11H21NO3. The standard InChI is InChI=1S/C11H21NO3/c1-4-7-11(3,5-2)10(15)12-8-6-9(13)14/h4-8H2,1-3H3,(H,12,15)(H,13,14). The Morgan fingerprint density at radius 2 is 1.93 bits per heavy atom. The Labute approximate surface area is 91.1 Å². The van der Waals surface area contributed by atoms with Gasteiger partial charge in [-0.05, 0) is 12.8 Å². The van der Waals surface area contributed by atoms with E-state index in [-0.39, 0.29) is 24.3 Å². The maximum absolute atomic E-state index is 11.8. The summed E-state index contributed by atoms with van der Waals surface area (Å²) in [5.74, 6) is -0.919. The van der Waals surface area contributed by atoms with Crippen LogP contribution in [-0.4, -0.2) is 23.5 Å². The summed E-state index contributed by atoms with van der Waals surface area (Å²) in [7, 11) is 0. The predicted octanol–water partition coefficient (Wildman–Crippen LogP) is 1.79. The van der Waals surface area contributed by atoms with Crippen LogP contribution in [0.25, 0.3) is 0 Å². The zero-order chi connectivity index (χ0) is 11.9. The van der Waals surface area contributed by atoms with E-state index in [1.807, 2.05) is 20.8 Å². The van der Waals surface area contributed by atoms with Crippen molar-refractivity contribution in [1.82, 2.24) is 5.32 Å². The molecule has 0 aliphatic heterocycles. The smallest absolute Gasteiger partial charge is 0.305 e. The van der Waals surface area contributed by atoms with Crippen LogP contribution in [0.5, 0.6) is 0 Å². The minimum absolute atomic E-state index is 0.0162. The highest BCUT2D eigenvalue weighted by atomic mass is 16.4. The van der Waals surface area contributed by atoms with Gasteiger partial charge >= 0.3 is 5.97 Å². The molecule has 4 heteroatoms. The van der Waals surface area contributed by atoms with Gasteiger partial charge in [-0.3, -0.25) is 9.59 Å². The second kappa shape index (κ2) is 6.43. The van der Waals surface area contributed by atoms with Crippen LogP contribution in [0.2, 0.25) is 0 Å². The quantitative estimate of drug-likeness (QED) is 0.680. The first-order chi connectivity index (χ1) is 6.96. The molecule has 0 saturated heterocycles. The van der Waals surface area contributed by atoms with Gasteiger partial charge in [0.25, 0.3) is 0 Å². The number of carboxylic acids is 1. The summed E-state index contributed by atoms with van der Waals surface area (Å²) in [6.07, 6.45) is 2.55. The summed E-state index contributed by atoms with van der Waals surface area (Å²) in [5.41, 5.74) is -0.354. The molecule has 1 unspecified atom stereocenters. The molecule has 0 fully saturated rings. The van der Waals surface area contributed by atoms with Crippen molar-refractivity contribution in [2.45, 2.75) is 46.5 Å². The third kappa shape index (κ3) is 4.81. The van der Waals surface area contributed by atoms with E-state index in [4.69, 9.17) is 5.11 Å². The first-order valence-electron chi connectivity index (χ1n) is 5.46. The van der Waals surface area contributed by atoms with E-state index in [9.17, 15) is 9.59 Å². The Morgan fingerprint density at radius 3 is 2.33 bits per heavy atom. The first-order valence-corrected chi connectivity index (χ1v) is 5.46. The summed E-state index contributed by atoms with van der Waals surface area (Å²) in [6.45, 7) is 6.16. The molecule has 0 aromatic rings. The van der Waals surface area contributed by atoms with Gasteiger partial charge in [-0.15, -0.1) is 0 Å². The minimum atomic E-state index is -0.885. The average molecular weight is 215 g/mol. The van der Waals surface area contributed by atoms with E-state index in [0.29, 0.717) is 0 Å². The highest BCUT2D eigenvalue weighted by Crippen LogP contribution is 2.27. The van der Waals surface area contributed by atoms with Crippen LogP contribution in [0, 0.1) is 5.41 Å². The topological polar surface area (TPSA) is 66.4 Å². The molecule has 0 aromatic heterocycles. The average Bonchev–Trinajstić information content (AvgIpc) is 2.17. The number of amides is 1. The molecule has 15 heavy (non-hydrogen) atoms. The molecule has 1 atom stereocenters. The maximum Gasteiger partial charge on any atom is 0.305 e. The van der Waals surface area contributed by atoms with E-state index < -0.39 is 5.97 Å². The van der Waals surface area contributed by atoms with Crippen LogP contribution in [0.15, 0.2) is 0 Å². The summed E-state index contributed by atoms with van der Waals surface area (Å²) >= 11 is 0. The SMILES string of the molecule is CCCC(C)(CC)C(=O)NCCC(=O)O. The Balaban J connectivity index is 4.09. The fourth-order valence-electron chi connectivity index (χ4n) is 1.50. The Kier molecular flexibility index (Phi) is 5.97. The van der Waals surface area contributed by atoms with E-state index in [1.165, 1.54) is 0 Å². The molecule has 88 valence electrons. The maximum atomic E-state index is 11.8. The van der Waals surface area contributed by atoms with Crippen molar-refractivity contribution in [3.8, 4) is 0 Å². The number of carboxylic acid groups (broad SMARTS) is 1. The van der Waals surface area contributed by atoms with Crippen molar-refractivity contribution in [2.24, 2.45) is 5.41 Å². The molecule has 0 rings (SSSR count). The first kappa shape index (κ1) is 13.9. The van der Waals surface area contributed by atoms with E-state index in [1.54, 1.807) is 0 Å². The van der Waals surface area contributed by atoms with Crippen molar-refractivity contribution in [2.75, 3.05) is 6.54 Å². The number of nitrogens with one attached hydrogen (secondary N) is 1. The largest absolute Gasteiger partial charge is 0.481 e. The molecule has 1 amide bonds. The fraction of sp³-hybridized carbons (Fsp3) is 0.818. The Bertz CT molecular complexity index is 228. The zero-order valence-electron chi connectivity index (χ0n) is 9.80. The molecule has 0 bridgehead atoms. The van der Waals surface area contributed by atoms with Crippen LogP contribution in [0.1, 0.15) is 46.5 Å². The van der Waals surface area contributed by atoms with Gasteiger partial charge in [-0.1, -0.05) is 27.2 Å². The highest BCUT2D eigenvalue weighted by Gasteiger charge is 2.29. The summed E-state index contributed by atoms with van der Waals surface area (Å²) in [4.78, 5) is 22.0. The third-order valence-electron chi connectivity index (χ3n) is 2.75. The number of carbonyl (C=O) groups excluding carboxylic acids is 1. The summed E-state index contributed by atoms with van der Waals surface area (Å²) in [6, 6.07) is 0. The van der Waals surface area contributed by atoms with Gasteiger partial charge in [-0.25, -0.2) is 0 Å². The highest BCUT2D eigenvalue weighted by molar-refractivity contribution is 5.82. The molecule has 0 aliphatic carbocycles. The van der Waals surface area contributed by atoms with Crippen LogP contribution in [0.4, 0.5) is 0 Å². The minimum Gasteiger partial charge on any atom is -0.481 e. The lowest BCUT2D eigenvalue weighted by atomic mass is 9.82. The van der Waals surface area contributed by atoms with Gasteiger partial charge in [0.1, 0.15) is 0 Å². The second-order valence-corrected chi connectivity index (χ2v) is 4.06. The molecule has 0 aromatic carbocycles. The van der Waals surface area contributed by atoms with Gasteiger partial charge in [0, 0.05) is 12.0 Å². The Hall–Kier alpha value is -1.06. The van der Waals surface area contributed by atoms with Crippen molar-refractivity contribution in [1.29, 1.82) is 0 Å².